The van der Waals surface area contributed by atoms with Gasteiger partial charge in [0.2, 0.25) is 0 Å². The van der Waals surface area contributed by atoms with Crippen molar-refractivity contribution in [3.05, 3.63) is 12.3 Å². The van der Waals surface area contributed by atoms with Gasteiger partial charge in [-0.05, 0) is 52.0 Å². The van der Waals surface area contributed by atoms with E-state index >= 15 is 0 Å². The normalized spacial score (nSPS) is 18.9. The van der Waals surface area contributed by atoms with E-state index in [0.29, 0.717) is 11.5 Å². The zero-order chi connectivity index (χ0) is 18.5. The Balaban J connectivity index is 0.000000970. The average molecular weight is 356 g/mol. The van der Waals surface area contributed by atoms with E-state index in [4.69, 9.17) is 14.2 Å². The molecule has 0 N–H and O–H groups in total. The zero-order valence-corrected chi connectivity index (χ0v) is 17.1. The lowest BCUT2D eigenvalue weighted by Crippen LogP contribution is -2.63. The minimum Gasteiger partial charge on any atom is -0.496 e. The maximum absolute atomic E-state index is 5.68. The van der Waals surface area contributed by atoms with Gasteiger partial charge in [0.1, 0.15) is 0 Å². The van der Waals surface area contributed by atoms with Crippen LogP contribution in [-0.2, 0) is 14.2 Å². The summed E-state index contributed by atoms with van der Waals surface area (Å²) in [4.78, 5) is 2.58. The third-order valence-corrected chi connectivity index (χ3v) is 4.71. The quantitative estimate of drug-likeness (QED) is 0.377. The molecule has 1 spiro atoms. The second kappa shape index (κ2) is 12.7. The Bertz CT molecular complexity index is 345. The van der Waals surface area contributed by atoms with Crippen LogP contribution in [0.15, 0.2) is 12.3 Å². The lowest BCUT2D eigenvalue weighted by atomic mass is 9.61. The fraction of sp³-hybridized carbons (Fsp3) is 0.905. The molecular formula is C21H41NO3. The van der Waals surface area contributed by atoms with Crippen molar-refractivity contribution < 1.29 is 14.2 Å². The summed E-state index contributed by atoms with van der Waals surface area (Å²) in [6.45, 7) is 16.4. The van der Waals surface area contributed by atoms with Gasteiger partial charge in [-0.25, -0.2) is 0 Å². The van der Waals surface area contributed by atoms with Gasteiger partial charge in [-0.15, -0.1) is 0 Å². The van der Waals surface area contributed by atoms with E-state index in [2.05, 4.69) is 25.3 Å². The first-order valence-electron chi connectivity index (χ1n) is 10.2. The molecule has 148 valence electrons. The number of nitrogens with zero attached hydrogens (tertiary/aromatic N) is 1. The van der Waals surface area contributed by atoms with Crippen LogP contribution in [0.25, 0.3) is 0 Å². The summed E-state index contributed by atoms with van der Waals surface area (Å²) in [5.41, 5.74) is 0.581. The fourth-order valence-electron chi connectivity index (χ4n) is 3.68. The maximum atomic E-state index is 5.68. The van der Waals surface area contributed by atoms with Gasteiger partial charge in [0.15, 0.2) is 0 Å². The molecule has 1 aliphatic heterocycles. The highest BCUT2D eigenvalue weighted by atomic mass is 16.5. The predicted octanol–water partition coefficient (Wildman–Crippen LogP) is 4.64. The van der Waals surface area contributed by atoms with Crippen LogP contribution in [0, 0.1) is 5.41 Å². The summed E-state index contributed by atoms with van der Waals surface area (Å²) in [5.74, 6) is 0.859. The van der Waals surface area contributed by atoms with Crippen LogP contribution in [0.2, 0.25) is 0 Å². The number of hydrogen-bond donors (Lipinski definition) is 0. The molecule has 25 heavy (non-hydrogen) atoms. The van der Waals surface area contributed by atoms with Crippen LogP contribution in [0.4, 0.5) is 0 Å². The van der Waals surface area contributed by atoms with Crippen molar-refractivity contribution in [3.63, 3.8) is 0 Å². The molecule has 2 rings (SSSR count). The van der Waals surface area contributed by atoms with Crippen molar-refractivity contribution in [2.24, 2.45) is 5.41 Å². The molecule has 2 fully saturated rings. The van der Waals surface area contributed by atoms with Crippen molar-refractivity contribution in [2.75, 3.05) is 46.6 Å². The Labute approximate surface area is 155 Å². The molecule has 0 aromatic heterocycles. The Hall–Kier alpha value is -0.580. The molecule has 0 atom stereocenters. The fourth-order valence-corrected chi connectivity index (χ4v) is 3.68. The molecule has 1 saturated heterocycles. The Kier molecular flexibility index (Phi) is 11.4. The van der Waals surface area contributed by atoms with Gasteiger partial charge in [0, 0.05) is 45.4 Å². The van der Waals surface area contributed by atoms with Crippen LogP contribution in [-0.4, -0.2) is 57.6 Å². The lowest BCUT2D eigenvalue weighted by Gasteiger charge is -2.58. The number of hydrogen-bond acceptors (Lipinski definition) is 4. The highest BCUT2D eigenvalue weighted by Crippen LogP contribution is 2.49. The molecule has 0 aromatic carbocycles. The number of unbranched alkanes of at least 4 members (excludes halogenated alkanes) is 2. The summed E-state index contributed by atoms with van der Waals surface area (Å²) < 4.78 is 16.3. The van der Waals surface area contributed by atoms with E-state index in [-0.39, 0.29) is 0 Å². The predicted molar refractivity (Wildman–Crippen MR) is 105 cm³/mol. The summed E-state index contributed by atoms with van der Waals surface area (Å²) in [6, 6.07) is 0. The van der Waals surface area contributed by atoms with Crippen molar-refractivity contribution in [3.8, 4) is 0 Å². The van der Waals surface area contributed by atoms with Gasteiger partial charge < -0.3 is 19.1 Å². The molecule has 1 saturated carbocycles. The SMILES string of the molecule is C=C(C)OC1CC2(C1)CN(CCCCOCCCCOC)C2.CCC. The van der Waals surface area contributed by atoms with E-state index in [9.17, 15) is 0 Å². The standard InChI is InChI=1S/C18H33NO3.C3H8/c1-16(2)22-17-12-18(13-17)14-19(15-18)8-4-5-10-21-11-7-6-9-20-3;1-3-2/h17H,1,4-15H2,2-3H3;3H2,1-2H3. The largest absolute Gasteiger partial charge is 0.496 e. The van der Waals surface area contributed by atoms with Crippen LogP contribution in [0.5, 0.6) is 0 Å². The molecule has 2 aliphatic rings. The van der Waals surface area contributed by atoms with Crippen molar-refractivity contribution >= 4 is 0 Å². The summed E-state index contributed by atoms with van der Waals surface area (Å²) in [6.07, 6.45) is 8.76. The topological polar surface area (TPSA) is 30.9 Å². The first-order valence-corrected chi connectivity index (χ1v) is 10.2. The number of allylic oxidation sites excluding steroid dienone is 1. The van der Waals surface area contributed by atoms with Gasteiger partial charge in [0.05, 0.1) is 11.9 Å². The average Bonchev–Trinajstić information content (AvgIpc) is 2.48. The Morgan fingerprint density at radius 3 is 2.16 bits per heavy atom. The third-order valence-electron chi connectivity index (χ3n) is 4.71. The van der Waals surface area contributed by atoms with Gasteiger partial charge >= 0.3 is 0 Å². The smallest absolute Gasteiger partial charge is 0.0994 e. The van der Waals surface area contributed by atoms with Crippen molar-refractivity contribution in [1.29, 1.82) is 0 Å². The molecule has 4 nitrogen and oxygen atoms in total. The first kappa shape index (κ1) is 22.5. The number of methoxy groups -OCH3 is 1. The molecule has 0 bridgehead atoms. The van der Waals surface area contributed by atoms with Gasteiger partial charge in [-0.1, -0.05) is 26.8 Å². The Morgan fingerprint density at radius 1 is 1.04 bits per heavy atom. The molecule has 4 heteroatoms. The second-order valence-corrected chi connectivity index (χ2v) is 7.79. The molecule has 0 unspecified atom stereocenters. The Morgan fingerprint density at radius 2 is 1.60 bits per heavy atom. The minimum absolute atomic E-state index is 0.436. The summed E-state index contributed by atoms with van der Waals surface area (Å²) in [5, 5.41) is 0. The minimum atomic E-state index is 0.436. The first-order chi connectivity index (χ1) is 12.0. The number of likely N-dealkylation sites (tertiary alicyclic amines) is 1. The number of rotatable bonds is 12. The molecule has 1 heterocycles. The molecule has 1 aliphatic carbocycles. The monoisotopic (exact) mass is 355 g/mol. The maximum Gasteiger partial charge on any atom is 0.0994 e. The van der Waals surface area contributed by atoms with Gasteiger partial charge in [-0.3, -0.25) is 0 Å². The van der Waals surface area contributed by atoms with Crippen LogP contribution >= 0.6 is 0 Å². The van der Waals surface area contributed by atoms with E-state index in [0.717, 1.165) is 38.4 Å². The molecule has 0 aromatic rings. The van der Waals surface area contributed by atoms with Crippen LogP contribution < -0.4 is 0 Å². The molecule has 0 amide bonds. The van der Waals surface area contributed by atoms with Crippen molar-refractivity contribution in [2.45, 2.75) is 71.8 Å². The van der Waals surface area contributed by atoms with E-state index < -0.39 is 0 Å². The van der Waals surface area contributed by atoms with E-state index in [1.807, 2.05) is 6.92 Å². The third kappa shape index (κ3) is 9.07. The van der Waals surface area contributed by atoms with Crippen LogP contribution in [0.3, 0.4) is 0 Å². The van der Waals surface area contributed by atoms with Crippen molar-refractivity contribution in [1.82, 2.24) is 4.90 Å². The van der Waals surface area contributed by atoms with Gasteiger partial charge in [-0.2, -0.15) is 0 Å². The van der Waals surface area contributed by atoms with E-state index in [1.54, 1.807) is 7.11 Å². The summed E-state index contributed by atoms with van der Waals surface area (Å²) in [7, 11) is 1.75. The van der Waals surface area contributed by atoms with Crippen LogP contribution in [0.1, 0.15) is 65.7 Å². The van der Waals surface area contributed by atoms with E-state index in [1.165, 1.54) is 51.7 Å². The van der Waals surface area contributed by atoms with Gasteiger partial charge in [0.25, 0.3) is 0 Å². The zero-order valence-electron chi connectivity index (χ0n) is 17.1. The molecule has 0 radical (unpaired) electrons. The summed E-state index contributed by atoms with van der Waals surface area (Å²) >= 11 is 0. The highest BCUT2D eigenvalue weighted by molar-refractivity contribution is 5.05. The molecular weight excluding hydrogens is 314 g/mol. The second-order valence-electron chi connectivity index (χ2n) is 7.79. The number of ether oxygens (including phenoxy) is 3. The lowest BCUT2D eigenvalue weighted by molar-refractivity contribution is -0.136. The highest BCUT2D eigenvalue weighted by Gasteiger charge is 2.52.